The second-order valence-electron chi connectivity index (χ2n) is 3.23. The van der Waals surface area contributed by atoms with Crippen LogP contribution in [0.2, 0.25) is 0 Å². The van der Waals surface area contributed by atoms with Crippen LogP contribution in [0.15, 0.2) is 47.6 Å². The van der Waals surface area contributed by atoms with Crippen LogP contribution in [0.5, 0.6) is 0 Å². The van der Waals surface area contributed by atoms with E-state index in [2.05, 4.69) is 37.1 Å². The summed E-state index contributed by atoms with van der Waals surface area (Å²) in [6.45, 7) is 6.15. The average molecular weight is 200 g/mol. The lowest BCUT2D eigenvalue weighted by molar-refractivity contribution is 0.964. The molecule has 0 aliphatic carbocycles. The molecule has 0 spiro atoms. The predicted octanol–water partition coefficient (Wildman–Crippen LogP) is 4.42. The summed E-state index contributed by atoms with van der Waals surface area (Å²) in [5.41, 5.74) is 2.66. The van der Waals surface area contributed by atoms with E-state index in [1.807, 2.05) is 19.9 Å². The van der Waals surface area contributed by atoms with Crippen molar-refractivity contribution in [1.29, 1.82) is 0 Å². The van der Waals surface area contributed by atoms with Gasteiger partial charge in [-0.25, -0.2) is 0 Å². The van der Waals surface area contributed by atoms with Crippen molar-refractivity contribution in [2.24, 2.45) is 0 Å². The number of rotatable bonds is 5. The van der Waals surface area contributed by atoms with Crippen LogP contribution in [0.3, 0.4) is 0 Å². The van der Waals surface area contributed by atoms with Crippen molar-refractivity contribution < 1.29 is 0 Å². The molecule has 0 heteroatoms. The molecule has 0 saturated carbocycles. The molecule has 0 aromatic heterocycles. The topological polar surface area (TPSA) is 0 Å². The molecule has 0 saturated heterocycles. The van der Waals surface area contributed by atoms with Crippen LogP contribution < -0.4 is 0 Å². The maximum atomic E-state index is 5.17. The zero-order valence-electron chi connectivity index (χ0n) is 9.96. The van der Waals surface area contributed by atoms with Gasteiger partial charge < -0.3 is 0 Å². The van der Waals surface area contributed by atoms with Crippen LogP contribution in [0.1, 0.15) is 33.6 Å². The lowest BCUT2D eigenvalue weighted by Crippen LogP contribution is -1.83. The predicted molar refractivity (Wildman–Crippen MR) is 69.5 cm³/mol. The maximum Gasteiger partial charge on any atom is -0.0119 e. The van der Waals surface area contributed by atoms with Crippen molar-refractivity contribution in [3.05, 3.63) is 47.6 Å². The summed E-state index contributed by atoms with van der Waals surface area (Å²) in [5.74, 6) is 2.51. The fourth-order valence-electron chi connectivity index (χ4n) is 1.31. The van der Waals surface area contributed by atoms with Gasteiger partial charge in [0.15, 0.2) is 0 Å². The number of hydrogen-bond acceptors (Lipinski definition) is 0. The molecule has 0 amide bonds. The van der Waals surface area contributed by atoms with E-state index in [0.717, 1.165) is 12.8 Å². The molecule has 0 rings (SSSR count). The van der Waals surface area contributed by atoms with Gasteiger partial charge in [0.1, 0.15) is 0 Å². The summed E-state index contributed by atoms with van der Waals surface area (Å²) in [6.07, 6.45) is 19.5. The first-order chi connectivity index (χ1) is 7.28. The molecule has 0 radical (unpaired) electrons. The first kappa shape index (κ1) is 13.5. The molecule has 80 valence electrons. The van der Waals surface area contributed by atoms with Gasteiger partial charge in [-0.15, -0.1) is 6.42 Å². The Morgan fingerprint density at radius 3 is 1.93 bits per heavy atom. The highest BCUT2D eigenvalue weighted by Gasteiger charge is 1.94. The van der Waals surface area contributed by atoms with Gasteiger partial charge >= 0.3 is 0 Å². The van der Waals surface area contributed by atoms with Crippen LogP contribution in [0, 0.1) is 12.3 Å². The minimum atomic E-state index is 1.04. The molecular weight excluding hydrogens is 180 g/mol. The molecule has 0 heterocycles. The molecule has 0 bridgehead atoms. The van der Waals surface area contributed by atoms with E-state index in [4.69, 9.17) is 6.42 Å². The highest BCUT2D eigenvalue weighted by atomic mass is 14.0. The lowest BCUT2D eigenvalue weighted by atomic mass is 10.0. The minimum Gasteiger partial charge on any atom is -0.115 e. The zero-order valence-corrected chi connectivity index (χ0v) is 9.96. The Balaban J connectivity index is 4.25. The number of allylic oxidation sites excluding steroid dienone is 8. The third-order valence-corrected chi connectivity index (χ3v) is 2.22. The minimum absolute atomic E-state index is 1.04. The summed E-state index contributed by atoms with van der Waals surface area (Å²) in [6, 6.07) is 0. The summed E-state index contributed by atoms with van der Waals surface area (Å²) in [4.78, 5) is 0. The SMILES string of the molecule is C#C/C=C\C(=C/C)CCC(/C=C\C)=C/C. The number of terminal acetylenes is 1. The molecule has 0 atom stereocenters. The van der Waals surface area contributed by atoms with Gasteiger partial charge in [0.25, 0.3) is 0 Å². The number of hydrogen-bond donors (Lipinski definition) is 0. The maximum absolute atomic E-state index is 5.17. The van der Waals surface area contributed by atoms with Gasteiger partial charge in [-0.05, 0) is 39.7 Å². The molecule has 0 unspecified atom stereocenters. The molecule has 0 aromatic carbocycles. The quantitative estimate of drug-likeness (QED) is 0.455. The molecular formula is C15H20. The van der Waals surface area contributed by atoms with Gasteiger partial charge in [0.2, 0.25) is 0 Å². The van der Waals surface area contributed by atoms with Crippen LogP contribution in [-0.2, 0) is 0 Å². The Morgan fingerprint density at radius 2 is 1.53 bits per heavy atom. The molecule has 15 heavy (non-hydrogen) atoms. The second kappa shape index (κ2) is 9.09. The van der Waals surface area contributed by atoms with Gasteiger partial charge in [0.05, 0.1) is 0 Å². The largest absolute Gasteiger partial charge is 0.115 e. The van der Waals surface area contributed by atoms with E-state index in [-0.39, 0.29) is 0 Å². The summed E-state index contributed by atoms with van der Waals surface area (Å²) in [5, 5.41) is 0. The first-order valence-electron chi connectivity index (χ1n) is 5.34. The third-order valence-electron chi connectivity index (χ3n) is 2.22. The van der Waals surface area contributed by atoms with Gasteiger partial charge in [-0.1, -0.05) is 47.4 Å². The molecule has 0 aliphatic rings. The molecule has 0 nitrogen and oxygen atoms in total. The van der Waals surface area contributed by atoms with Gasteiger partial charge in [-0.3, -0.25) is 0 Å². The van der Waals surface area contributed by atoms with Crippen LogP contribution in [0.4, 0.5) is 0 Å². The Morgan fingerprint density at radius 1 is 1.00 bits per heavy atom. The van der Waals surface area contributed by atoms with Gasteiger partial charge in [0, 0.05) is 0 Å². The normalized spacial score (nSPS) is 13.7. The van der Waals surface area contributed by atoms with Crippen molar-refractivity contribution in [2.75, 3.05) is 0 Å². The van der Waals surface area contributed by atoms with Crippen LogP contribution in [-0.4, -0.2) is 0 Å². The van der Waals surface area contributed by atoms with Gasteiger partial charge in [-0.2, -0.15) is 0 Å². The van der Waals surface area contributed by atoms with Crippen molar-refractivity contribution >= 4 is 0 Å². The van der Waals surface area contributed by atoms with E-state index in [9.17, 15) is 0 Å². The molecule has 0 N–H and O–H groups in total. The lowest BCUT2D eigenvalue weighted by Gasteiger charge is -2.02. The molecule has 0 aromatic rings. The average Bonchev–Trinajstić information content (AvgIpc) is 2.27. The molecule has 0 aliphatic heterocycles. The Kier molecular flexibility index (Phi) is 8.19. The summed E-state index contributed by atoms with van der Waals surface area (Å²) < 4.78 is 0. The fraction of sp³-hybridized carbons (Fsp3) is 0.333. The van der Waals surface area contributed by atoms with E-state index >= 15 is 0 Å². The third kappa shape index (κ3) is 6.57. The highest BCUT2D eigenvalue weighted by molar-refractivity contribution is 5.26. The van der Waals surface area contributed by atoms with E-state index in [0.29, 0.717) is 0 Å². The standard InChI is InChI=1S/C15H20/c1-5-9-11-15(8-4)13-12-14(7-3)10-6-2/h1,6-11H,12-13H2,2-4H3/b10-6-,11-9-,14-7+,15-8+. The Labute approximate surface area is 94.1 Å². The molecule has 0 fully saturated rings. The first-order valence-corrected chi connectivity index (χ1v) is 5.34. The van der Waals surface area contributed by atoms with Crippen molar-refractivity contribution in [1.82, 2.24) is 0 Å². The Hall–Kier alpha value is -1.48. The van der Waals surface area contributed by atoms with E-state index in [1.165, 1.54) is 11.1 Å². The van der Waals surface area contributed by atoms with Crippen LogP contribution >= 0.6 is 0 Å². The van der Waals surface area contributed by atoms with Crippen LogP contribution in [0.25, 0.3) is 0 Å². The van der Waals surface area contributed by atoms with Crippen molar-refractivity contribution in [2.45, 2.75) is 33.6 Å². The van der Waals surface area contributed by atoms with E-state index in [1.54, 1.807) is 6.08 Å². The van der Waals surface area contributed by atoms with Crippen molar-refractivity contribution in [3.8, 4) is 12.3 Å². The monoisotopic (exact) mass is 200 g/mol. The summed E-state index contributed by atoms with van der Waals surface area (Å²) in [7, 11) is 0. The van der Waals surface area contributed by atoms with E-state index < -0.39 is 0 Å². The Bertz CT molecular complexity index is 316. The van der Waals surface area contributed by atoms with Crippen molar-refractivity contribution in [3.63, 3.8) is 0 Å². The highest BCUT2D eigenvalue weighted by Crippen LogP contribution is 2.13. The smallest absolute Gasteiger partial charge is 0.0119 e. The zero-order chi connectivity index (χ0) is 11.5. The summed E-state index contributed by atoms with van der Waals surface area (Å²) >= 11 is 0. The fourth-order valence-corrected chi connectivity index (χ4v) is 1.31. The second-order valence-corrected chi connectivity index (χ2v) is 3.23.